The molecule has 0 aliphatic carbocycles. The van der Waals surface area contributed by atoms with Crippen molar-refractivity contribution in [2.75, 3.05) is 23.3 Å². The van der Waals surface area contributed by atoms with Crippen LogP contribution in [-0.2, 0) is 0 Å². The Morgan fingerprint density at radius 2 is 2.55 bits per heavy atom. The van der Waals surface area contributed by atoms with Crippen molar-refractivity contribution in [2.24, 2.45) is 0 Å². The van der Waals surface area contributed by atoms with Crippen molar-refractivity contribution in [1.82, 2.24) is 10.2 Å². The van der Waals surface area contributed by atoms with Gasteiger partial charge in [0.05, 0.1) is 0 Å². The number of rotatable bonds is 4. The Kier molecular flexibility index (Phi) is 3.79. The van der Waals surface area contributed by atoms with Gasteiger partial charge >= 0.3 is 0 Å². The summed E-state index contributed by atoms with van der Waals surface area (Å²) in [6, 6.07) is 0. The lowest BCUT2D eigenvalue weighted by Crippen LogP contribution is -2.24. The molecule has 1 heterocycles. The fourth-order valence-corrected chi connectivity index (χ4v) is 1.88. The summed E-state index contributed by atoms with van der Waals surface area (Å²) >= 11 is 4.97. The molecule has 0 spiro atoms. The molecule has 0 saturated carbocycles. The minimum atomic E-state index is 0.973. The topological polar surface area (TPSA) is 29.0 Å². The van der Waals surface area contributed by atoms with Gasteiger partial charge in [0.25, 0.3) is 0 Å². The lowest BCUT2D eigenvalue weighted by molar-refractivity contribution is 0.854. The summed E-state index contributed by atoms with van der Waals surface area (Å²) in [6.07, 6.45) is 0. The zero-order chi connectivity index (χ0) is 8.10. The molecule has 0 bridgehead atoms. The molecule has 1 aromatic rings. The van der Waals surface area contributed by atoms with Crippen LogP contribution in [0.1, 0.15) is 6.92 Å². The lowest BCUT2D eigenvalue weighted by atomic mass is 10.6. The molecule has 0 radical (unpaired) electrons. The van der Waals surface area contributed by atoms with E-state index in [0.717, 1.165) is 23.6 Å². The normalized spacial score (nSPS) is 10.0. The van der Waals surface area contributed by atoms with E-state index < -0.39 is 0 Å². The van der Waals surface area contributed by atoms with E-state index in [1.165, 1.54) is 0 Å². The average Bonchev–Trinajstić information content (AvgIpc) is 2.52. The quantitative estimate of drug-likeness (QED) is 0.746. The molecule has 11 heavy (non-hydrogen) atoms. The van der Waals surface area contributed by atoms with Crippen molar-refractivity contribution in [1.29, 1.82) is 0 Å². The summed E-state index contributed by atoms with van der Waals surface area (Å²) in [7, 11) is 0. The van der Waals surface area contributed by atoms with Crippen molar-refractivity contribution in [3.05, 3.63) is 5.51 Å². The van der Waals surface area contributed by atoms with E-state index >= 15 is 0 Å². The molecule has 0 aliphatic heterocycles. The van der Waals surface area contributed by atoms with Gasteiger partial charge in [-0.1, -0.05) is 27.3 Å². The Balaban J connectivity index is 2.56. The van der Waals surface area contributed by atoms with Crippen LogP contribution in [0.4, 0.5) is 5.13 Å². The van der Waals surface area contributed by atoms with E-state index in [9.17, 15) is 0 Å². The molecular weight excluding hydrogens is 226 g/mol. The van der Waals surface area contributed by atoms with Crippen LogP contribution in [0.3, 0.4) is 0 Å². The number of aromatic nitrogens is 2. The second kappa shape index (κ2) is 4.66. The van der Waals surface area contributed by atoms with E-state index in [2.05, 4.69) is 38.0 Å². The van der Waals surface area contributed by atoms with Gasteiger partial charge in [-0.05, 0) is 6.92 Å². The van der Waals surface area contributed by atoms with Crippen molar-refractivity contribution in [3.8, 4) is 0 Å². The van der Waals surface area contributed by atoms with Crippen molar-refractivity contribution in [3.63, 3.8) is 0 Å². The molecule has 0 amide bonds. The first-order chi connectivity index (χ1) is 5.38. The summed E-state index contributed by atoms with van der Waals surface area (Å²) in [5.74, 6) is 0. The number of halogens is 1. The van der Waals surface area contributed by atoms with Gasteiger partial charge in [0.15, 0.2) is 0 Å². The highest BCUT2D eigenvalue weighted by atomic mass is 79.9. The molecule has 0 saturated heterocycles. The standard InChI is InChI=1S/C6H10BrN3S/c1-2-10(4-3-7)6-9-8-5-11-6/h5H,2-4H2,1H3. The van der Waals surface area contributed by atoms with Crippen LogP contribution in [0, 0.1) is 0 Å². The van der Waals surface area contributed by atoms with Gasteiger partial charge in [0.2, 0.25) is 5.13 Å². The number of hydrogen-bond donors (Lipinski definition) is 0. The molecule has 0 fully saturated rings. The fraction of sp³-hybridized carbons (Fsp3) is 0.667. The third-order valence-electron chi connectivity index (χ3n) is 1.36. The van der Waals surface area contributed by atoms with Crippen LogP contribution >= 0.6 is 27.3 Å². The summed E-state index contributed by atoms with van der Waals surface area (Å²) in [5.41, 5.74) is 1.76. The minimum absolute atomic E-state index is 0.973. The predicted molar refractivity (Wildman–Crippen MR) is 51.6 cm³/mol. The number of alkyl halides is 1. The number of hydrogen-bond acceptors (Lipinski definition) is 4. The van der Waals surface area contributed by atoms with E-state index in [-0.39, 0.29) is 0 Å². The molecule has 3 nitrogen and oxygen atoms in total. The Bertz CT molecular complexity index is 190. The van der Waals surface area contributed by atoms with Gasteiger partial charge in [0, 0.05) is 18.4 Å². The fourth-order valence-electron chi connectivity index (χ4n) is 0.796. The number of anilines is 1. The Hall–Kier alpha value is -0.160. The van der Waals surface area contributed by atoms with E-state index in [0.29, 0.717) is 0 Å². The molecule has 1 aromatic heterocycles. The molecule has 0 N–H and O–H groups in total. The molecule has 1 rings (SSSR count). The van der Waals surface area contributed by atoms with Gasteiger partial charge in [0.1, 0.15) is 5.51 Å². The summed E-state index contributed by atoms with van der Waals surface area (Å²) in [6.45, 7) is 4.09. The van der Waals surface area contributed by atoms with Crippen LogP contribution in [-0.4, -0.2) is 28.6 Å². The Labute approximate surface area is 78.6 Å². The van der Waals surface area contributed by atoms with Gasteiger partial charge in [-0.2, -0.15) is 0 Å². The maximum absolute atomic E-state index is 3.98. The van der Waals surface area contributed by atoms with Gasteiger partial charge in [-0.15, -0.1) is 10.2 Å². The van der Waals surface area contributed by atoms with E-state index in [1.54, 1.807) is 16.8 Å². The zero-order valence-electron chi connectivity index (χ0n) is 6.33. The Morgan fingerprint density at radius 3 is 3.00 bits per heavy atom. The number of nitrogens with zero attached hydrogens (tertiary/aromatic N) is 3. The summed E-state index contributed by atoms with van der Waals surface area (Å²) < 4.78 is 0. The van der Waals surface area contributed by atoms with Crippen LogP contribution < -0.4 is 4.90 Å². The smallest absolute Gasteiger partial charge is 0.208 e. The maximum atomic E-state index is 3.98. The monoisotopic (exact) mass is 235 g/mol. The van der Waals surface area contributed by atoms with Gasteiger partial charge in [-0.25, -0.2) is 0 Å². The third kappa shape index (κ3) is 2.41. The lowest BCUT2D eigenvalue weighted by Gasteiger charge is -2.16. The molecule has 0 aromatic carbocycles. The first-order valence-corrected chi connectivity index (χ1v) is 5.45. The molecular formula is C6H10BrN3S. The zero-order valence-corrected chi connectivity index (χ0v) is 8.73. The second-order valence-electron chi connectivity index (χ2n) is 1.99. The van der Waals surface area contributed by atoms with Crippen molar-refractivity contribution >= 4 is 32.4 Å². The molecule has 0 atom stereocenters. The first kappa shape index (κ1) is 8.93. The predicted octanol–water partition coefficient (Wildman–Crippen LogP) is 1.76. The largest absolute Gasteiger partial charge is 0.346 e. The van der Waals surface area contributed by atoms with Crippen molar-refractivity contribution < 1.29 is 0 Å². The average molecular weight is 236 g/mol. The van der Waals surface area contributed by atoms with Crippen LogP contribution in [0.15, 0.2) is 5.51 Å². The molecule has 0 unspecified atom stereocenters. The van der Waals surface area contributed by atoms with Crippen molar-refractivity contribution in [2.45, 2.75) is 6.92 Å². The maximum Gasteiger partial charge on any atom is 0.208 e. The first-order valence-electron chi connectivity index (χ1n) is 3.45. The van der Waals surface area contributed by atoms with Crippen LogP contribution in [0.25, 0.3) is 0 Å². The third-order valence-corrected chi connectivity index (χ3v) is 2.46. The molecule has 0 aliphatic rings. The summed E-state index contributed by atoms with van der Waals surface area (Å²) in [4.78, 5) is 2.19. The highest BCUT2D eigenvalue weighted by Crippen LogP contribution is 2.14. The highest BCUT2D eigenvalue weighted by Gasteiger charge is 2.04. The van der Waals surface area contributed by atoms with E-state index in [1.807, 2.05) is 0 Å². The van der Waals surface area contributed by atoms with Gasteiger partial charge < -0.3 is 4.90 Å². The summed E-state index contributed by atoms with van der Waals surface area (Å²) in [5, 5.41) is 9.74. The van der Waals surface area contributed by atoms with E-state index in [4.69, 9.17) is 0 Å². The minimum Gasteiger partial charge on any atom is -0.346 e. The molecule has 62 valence electrons. The SMILES string of the molecule is CCN(CCBr)c1nncs1. The molecule has 5 heteroatoms. The van der Waals surface area contributed by atoms with Crippen LogP contribution in [0.2, 0.25) is 0 Å². The van der Waals surface area contributed by atoms with Gasteiger partial charge in [-0.3, -0.25) is 0 Å². The highest BCUT2D eigenvalue weighted by molar-refractivity contribution is 9.09. The second-order valence-corrected chi connectivity index (χ2v) is 3.59. The van der Waals surface area contributed by atoms with Crippen LogP contribution in [0.5, 0.6) is 0 Å². The Morgan fingerprint density at radius 1 is 1.73 bits per heavy atom.